The zero-order valence-corrected chi connectivity index (χ0v) is 23.9. The van der Waals surface area contributed by atoms with Crippen molar-refractivity contribution in [2.24, 2.45) is 11.8 Å². The van der Waals surface area contributed by atoms with Crippen LogP contribution in [0.2, 0.25) is 0 Å². The first kappa shape index (κ1) is 31.3. The molecule has 0 amide bonds. The molecule has 0 spiro atoms. The molecule has 0 bridgehead atoms. The van der Waals surface area contributed by atoms with Crippen molar-refractivity contribution in [2.75, 3.05) is 20.5 Å². The molecule has 0 saturated carbocycles. The molecule has 2 aromatic carbocycles. The molecule has 0 aliphatic rings. The fourth-order valence-electron chi connectivity index (χ4n) is 4.13. The summed E-state index contributed by atoms with van der Waals surface area (Å²) in [6, 6.07) is 21.4. The predicted octanol–water partition coefficient (Wildman–Crippen LogP) is 5.21. The third-order valence-corrected chi connectivity index (χ3v) is 6.46. The summed E-state index contributed by atoms with van der Waals surface area (Å²) in [7, 11) is 1.42. The van der Waals surface area contributed by atoms with E-state index in [0.717, 1.165) is 11.1 Å². The summed E-state index contributed by atoms with van der Waals surface area (Å²) < 4.78 is 27.4. The number of aromatic nitrogens is 1. The van der Waals surface area contributed by atoms with Crippen molar-refractivity contribution in [1.82, 2.24) is 4.98 Å². The van der Waals surface area contributed by atoms with Crippen molar-refractivity contribution >= 4 is 17.7 Å². The molecule has 9 nitrogen and oxygen atoms in total. The van der Waals surface area contributed by atoms with Crippen LogP contribution in [0.25, 0.3) is 0 Å². The van der Waals surface area contributed by atoms with Crippen molar-refractivity contribution in [1.29, 1.82) is 0 Å². The number of pyridine rings is 1. The molecule has 0 aliphatic heterocycles. The van der Waals surface area contributed by atoms with Crippen LogP contribution in [0.4, 0.5) is 0 Å². The van der Waals surface area contributed by atoms with Gasteiger partial charge in [-0.1, -0.05) is 67.6 Å². The lowest BCUT2D eigenvalue weighted by molar-refractivity contribution is -0.156. The van der Waals surface area contributed by atoms with Gasteiger partial charge in [-0.25, -0.2) is 4.98 Å². The Balaban J connectivity index is 1.64. The Kier molecular flexibility index (Phi) is 12.3. The minimum atomic E-state index is -0.748. The number of benzene rings is 2. The third kappa shape index (κ3) is 10.0. The van der Waals surface area contributed by atoms with Crippen molar-refractivity contribution in [3.8, 4) is 11.5 Å². The minimum absolute atomic E-state index is 0.0273. The molecule has 0 unspecified atom stereocenters. The van der Waals surface area contributed by atoms with Gasteiger partial charge < -0.3 is 23.7 Å². The molecule has 3 atom stereocenters. The first-order valence-electron chi connectivity index (χ1n) is 13.5. The van der Waals surface area contributed by atoms with Crippen LogP contribution in [-0.2, 0) is 36.8 Å². The van der Waals surface area contributed by atoms with Crippen molar-refractivity contribution < 1.29 is 38.1 Å². The average Bonchev–Trinajstić information content (AvgIpc) is 2.97. The standard InChI is InChI=1S/C32H37NO8/c1-22(17-28(35)30-31(40-21-39-24(3)34)29(37-4)15-16-33-30)32(36)41-23(2)27(18-25-11-7-5-8-12-25)20-38-19-26-13-9-6-10-14-26/h5-16,22-23,27H,17-21H2,1-4H3/t22-,23+,27-/m1/s1. The summed E-state index contributed by atoms with van der Waals surface area (Å²) in [5.41, 5.74) is 2.14. The molecule has 9 heteroatoms. The molecule has 0 fully saturated rings. The molecule has 0 saturated heterocycles. The second kappa shape index (κ2) is 16.1. The largest absolute Gasteiger partial charge is 0.493 e. The van der Waals surface area contributed by atoms with Gasteiger partial charge in [-0.05, 0) is 24.5 Å². The second-order valence-electron chi connectivity index (χ2n) is 9.71. The summed E-state index contributed by atoms with van der Waals surface area (Å²) in [6.45, 7) is 5.14. The number of ketones is 1. The van der Waals surface area contributed by atoms with Gasteiger partial charge in [-0.15, -0.1) is 0 Å². The Hall–Kier alpha value is -4.24. The zero-order chi connectivity index (χ0) is 29.6. The Morgan fingerprint density at radius 1 is 0.902 bits per heavy atom. The van der Waals surface area contributed by atoms with Crippen molar-refractivity contribution in [2.45, 2.75) is 46.3 Å². The van der Waals surface area contributed by atoms with Crippen LogP contribution in [0.3, 0.4) is 0 Å². The molecule has 3 aromatic rings. The van der Waals surface area contributed by atoms with E-state index in [0.29, 0.717) is 19.6 Å². The van der Waals surface area contributed by atoms with E-state index in [4.69, 9.17) is 23.7 Å². The van der Waals surface area contributed by atoms with E-state index in [2.05, 4.69) is 4.98 Å². The maximum atomic E-state index is 13.1. The second-order valence-corrected chi connectivity index (χ2v) is 9.71. The Morgan fingerprint density at radius 3 is 2.20 bits per heavy atom. The molecule has 0 radical (unpaired) electrons. The molecule has 1 heterocycles. The lowest BCUT2D eigenvalue weighted by Gasteiger charge is -2.25. The van der Waals surface area contributed by atoms with E-state index in [1.807, 2.05) is 67.6 Å². The first-order valence-corrected chi connectivity index (χ1v) is 13.5. The van der Waals surface area contributed by atoms with E-state index in [1.165, 1.54) is 26.3 Å². The molecular weight excluding hydrogens is 526 g/mol. The van der Waals surface area contributed by atoms with Gasteiger partial charge in [0, 0.05) is 31.5 Å². The number of carbonyl (C=O) groups is 3. The van der Waals surface area contributed by atoms with Crippen molar-refractivity contribution in [3.63, 3.8) is 0 Å². The highest BCUT2D eigenvalue weighted by Crippen LogP contribution is 2.31. The van der Waals surface area contributed by atoms with E-state index in [9.17, 15) is 14.4 Å². The molecular formula is C32H37NO8. The third-order valence-electron chi connectivity index (χ3n) is 6.46. The van der Waals surface area contributed by atoms with Gasteiger partial charge in [0.1, 0.15) is 6.10 Å². The Bertz CT molecular complexity index is 1270. The SMILES string of the molecule is COc1ccnc(C(=O)C[C@@H](C)C(=O)O[C@@H](C)[C@@H](COCc2ccccc2)Cc2ccccc2)c1OCOC(C)=O. The van der Waals surface area contributed by atoms with Gasteiger partial charge in [0.15, 0.2) is 23.0 Å². The number of methoxy groups -OCH3 is 1. The van der Waals surface area contributed by atoms with Crippen LogP contribution in [0.15, 0.2) is 72.9 Å². The van der Waals surface area contributed by atoms with Gasteiger partial charge in [0.05, 0.1) is 26.2 Å². The van der Waals surface area contributed by atoms with E-state index in [-0.39, 0.29) is 29.5 Å². The van der Waals surface area contributed by atoms with E-state index >= 15 is 0 Å². The number of ether oxygens (including phenoxy) is 5. The zero-order valence-electron chi connectivity index (χ0n) is 23.9. The molecule has 218 valence electrons. The molecule has 41 heavy (non-hydrogen) atoms. The van der Waals surface area contributed by atoms with Crippen LogP contribution in [0.5, 0.6) is 11.5 Å². The Labute approximate surface area is 240 Å². The van der Waals surface area contributed by atoms with Crippen LogP contribution in [0, 0.1) is 11.8 Å². The van der Waals surface area contributed by atoms with Gasteiger partial charge in [0.2, 0.25) is 6.79 Å². The summed E-state index contributed by atoms with van der Waals surface area (Å²) in [5, 5.41) is 0. The fourth-order valence-corrected chi connectivity index (χ4v) is 4.13. The normalized spacial score (nSPS) is 13.0. The maximum Gasteiger partial charge on any atom is 0.309 e. The number of hydrogen-bond acceptors (Lipinski definition) is 9. The molecule has 0 N–H and O–H groups in total. The van der Waals surface area contributed by atoms with Gasteiger partial charge in [-0.3, -0.25) is 14.4 Å². The number of Topliss-reactive ketones (excluding diaryl/α,β-unsaturated/α-hetero) is 1. The maximum absolute atomic E-state index is 13.1. The van der Waals surface area contributed by atoms with Crippen LogP contribution in [-0.4, -0.2) is 49.3 Å². The summed E-state index contributed by atoms with van der Waals surface area (Å²) in [5.74, 6) is -2.05. The summed E-state index contributed by atoms with van der Waals surface area (Å²) >= 11 is 0. The summed E-state index contributed by atoms with van der Waals surface area (Å²) in [6.07, 6.45) is 1.44. The lowest BCUT2D eigenvalue weighted by atomic mass is 9.95. The van der Waals surface area contributed by atoms with Crippen molar-refractivity contribution in [3.05, 3.63) is 89.7 Å². The smallest absolute Gasteiger partial charge is 0.309 e. The van der Waals surface area contributed by atoms with Crippen LogP contribution >= 0.6 is 0 Å². The number of esters is 2. The first-order chi connectivity index (χ1) is 19.8. The van der Waals surface area contributed by atoms with Crippen LogP contribution < -0.4 is 9.47 Å². The summed E-state index contributed by atoms with van der Waals surface area (Å²) in [4.78, 5) is 41.5. The number of hydrogen-bond donors (Lipinski definition) is 0. The highest BCUT2D eigenvalue weighted by molar-refractivity contribution is 5.99. The predicted molar refractivity (Wildman–Crippen MR) is 151 cm³/mol. The lowest BCUT2D eigenvalue weighted by Crippen LogP contribution is -2.32. The van der Waals surface area contributed by atoms with Gasteiger partial charge >= 0.3 is 11.9 Å². The number of rotatable bonds is 16. The van der Waals surface area contributed by atoms with Gasteiger partial charge in [-0.2, -0.15) is 0 Å². The quantitative estimate of drug-likeness (QED) is 0.132. The highest BCUT2D eigenvalue weighted by atomic mass is 16.7. The van der Waals surface area contributed by atoms with E-state index in [1.54, 1.807) is 6.92 Å². The number of carbonyl (C=O) groups excluding carboxylic acids is 3. The van der Waals surface area contributed by atoms with E-state index < -0.39 is 36.5 Å². The molecule has 0 aliphatic carbocycles. The fraction of sp³-hybridized carbons (Fsp3) is 0.375. The Morgan fingerprint density at radius 2 is 1.56 bits per heavy atom. The molecule has 3 rings (SSSR count). The number of nitrogens with zero attached hydrogens (tertiary/aromatic N) is 1. The van der Waals surface area contributed by atoms with Crippen LogP contribution in [0.1, 0.15) is 48.8 Å². The minimum Gasteiger partial charge on any atom is -0.493 e. The molecule has 1 aromatic heterocycles. The topological polar surface area (TPSA) is 110 Å². The van der Waals surface area contributed by atoms with Gasteiger partial charge in [0.25, 0.3) is 0 Å². The average molecular weight is 564 g/mol. The monoisotopic (exact) mass is 563 g/mol. The highest BCUT2D eigenvalue weighted by Gasteiger charge is 2.28.